The highest BCUT2D eigenvalue weighted by Crippen LogP contribution is 2.18. The molecular formula is C15H22N2O3. The zero-order valence-electron chi connectivity index (χ0n) is 12.1. The van der Waals surface area contributed by atoms with Crippen LogP contribution in [-0.2, 0) is 9.53 Å². The van der Waals surface area contributed by atoms with Gasteiger partial charge < -0.3 is 9.47 Å². The fourth-order valence-corrected chi connectivity index (χ4v) is 2.07. The molecule has 0 bridgehead atoms. The Labute approximate surface area is 119 Å². The fourth-order valence-electron chi connectivity index (χ4n) is 2.07. The molecule has 0 spiro atoms. The summed E-state index contributed by atoms with van der Waals surface area (Å²) in [4.78, 5) is 12.2. The maximum absolute atomic E-state index is 12.2. The summed E-state index contributed by atoms with van der Waals surface area (Å²) in [6.45, 7) is 6.65. The average Bonchev–Trinajstić information content (AvgIpc) is 2.47. The van der Waals surface area contributed by atoms with E-state index >= 15 is 0 Å². The van der Waals surface area contributed by atoms with E-state index in [4.69, 9.17) is 9.47 Å². The number of benzene rings is 1. The van der Waals surface area contributed by atoms with Gasteiger partial charge in [-0.1, -0.05) is 25.1 Å². The van der Waals surface area contributed by atoms with Crippen LogP contribution in [-0.4, -0.2) is 43.3 Å². The minimum atomic E-state index is -0.473. The summed E-state index contributed by atoms with van der Waals surface area (Å²) < 4.78 is 11.1. The molecule has 1 N–H and O–H groups in total. The van der Waals surface area contributed by atoms with Crippen LogP contribution in [0.1, 0.15) is 18.9 Å². The Hall–Kier alpha value is -1.59. The number of para-hydroxylation sites is 1. The number of nitrogens with zero attached hydrogens (tertiary/aromatic N) is 1. The molecule has 1 atom stereocenters. The maximum atomic E-state index is 12.2. The first-order valence-corrected chi connectivity index (χ1v) is 7.06. The number of amides is 1. The summed E-state index contributed by atoms with van der Waals surface area (Å²) in [5.74, 6) is 0.661. The van der Waals surface area contributed by atoms with Gasteiger partial charge in [-0.25, -0.2) is 5.01 Å². The Morgan fingerprint density at radius 2 is 2.10 bits per heavy atom. The highest BCUT2D eigenvalue weighted by Gasteiger charge is 2.22. The molecule has 0 aromatic heterocycles. The van der Waals surface area contributed by atoms with Gasteiger partial charge in [0.2, 0.25) is 0 Å². The lowest BCUT2D eigenvalue weighted by atomic mass is 10.2. The van der Waals surface area contributed by atoms with Crippen molar-refractivity contribution in [2.24, 2.45) is 0 Å². The first kappa shape index (κ1) is 14.8. The van der Waals surface area contributed by atoms with Crippen LogP contribution in [0, 0.1) is 6.92 Å². The van der Waals surface area contributed by atoms with Gasteiger partial charge in [-0.3, -0.25) is 10.2 Å². The van der Waals surface area contributed by atoms with Gasteiger partial charge in [0.25, 0.3) is 5.91 Å². The molecule has 1 saturated heterocycles. The van der Waals surface area contributed by atoms with E-state index in [1.54, 1.807) is 0 Å². The lowest BCUT2D eigenvalue weighted by Crippen LogP contribution is -2.52. The van der Waals surface area contributed by atoms with Crippen LogP contribution >= 0.6 is 0 Å². The predicted molar refractivity (Wildman–Crippen MR) is 76.4 cm³/mol. The molecule has 1 amide bonds. The third-order valence-corrected chi connectivity index (χ3v) is 3.31. The Morgan fingerprint density at radius 3 is 2.75 bits per heavy atom. The highest BCUT2D eigenvalue weighted by atomic mass is 16.5. The number of nitrogens with one attached hydrogen (secondary N) is 1. The summed E-state index contributed by atoms with van der Waals surface area (Å²) in [7, 11) is 0. The number of hydrazine groups is 1. The van der Waals surface area contributed by atoms with E-state index in [0.717, 1.165) is 11.3 Å². The molecule has 0 radical (unpaired) electrons. The zero-order chi connectivity index (χ0) is 14.4. The quantitative estimate of drug-likeness (QED) is 0.887. The van der Waals surface area contributed by atoms with Crippen molar-refractivity contribution in [1.29, 1.82) is 0 Å². The van der Waals surface area contributed by atoms with Gasteiger partial charge in [-0.15, -0.1) is 0 Å². The average molecular weight is 278 g/mol. The first-order chi connectivity index (χ1) is 9.70. The molecule has 1 aliphatic rings. The standard InChI is InChI=1S/C15H22N2O3/c1-3-13(20-14-7-5-4-6-12(14)2)15(18)16-17-8-10-19-11-9-17/h4-7,13H,3,8-11H2,1-2H3,(H,16,18)/t13-/m0/s1. The third-order valence-electron chi connectivity index (χ3n) is 3.31. The second-order valence-corrected chi connectivity index (χ2v) is 4.86. The van der Waals surface area contributed by atoms with E-state index in [1.807, 2.05) is 43.1 Å². The van der Waals surface area contributed by atoms with E-state index in [9.17, 15) is 4.79 Å². The van der Waals surface area contributed by atoms with E-state index in [1.165, 1.54) is 0 Å². The van der Waals surface area contributed by atoms with Crippen molar-refractivity contribution in [1.82, 2.24) is 10.4 Å². The van der Waals surface area contributed by atoms with E-state index in [-0.39, 0.29) is 5.91 Å². The number of ether oxygens (including phenoxy) is 2. The molecule has 1 fully saturated rings. The Bertz CT molecular complexity index is 444. The van der Waals surface area contributed by atoms with Crippen LogP contribution in [0.15, 0.2) is 24.3 Å². The molecule has 2 rings (SSSR count). The molecule has 0 aliphatic carbocycles. The highest BCUT2D eigenvalue weighted by molar-refractivity contribution is 5.80. The predicted octanol–water partition coefficient (Wildman–Crippen LogP) is 1.52. The number of morpholine rings is 1. The Kier molecular flexibility index (Phi) is 5.38. The SMILES string of the molecule is CC[C@H](Oc1ccccc1C)C(=O)NN1CCOCC1. The van der Waals surface area contributed by atoms with Crippen LogP contribution in [0.5, 0.6) is 5.75 Å². The number of hydrogen-bond donors (Lipinski definition) is 1. The first-order valence-electron chi connectivity index (χ1n) is 7.06. The van der Waals surface area contributed by atoms with Gasteiger partial charge in [0.1, 0.15) is 5.75 Å². The van der Waals surface area contributed by atoms with Crippen molar-refractivity contribution < 1.29 is 14.3 Å². The molecule has 1 aromatic carbocycles. The lowest BCUT2D eigenvalue weighted by molar-refractivity contribution is -0.135. The lowest BCUT2D eigenvalue weighted by Gasteiger charge is -2.28. The van der Waals surface area contributed by atoms with Gasteiger partial charge in [0, 0.05) is 13.1 Å². The van der Waals surface area contributed by atoms with Gasteiger partial charge in [0.05, 0.1) is 13.2 Å². The second kappa shape index (κ2) is 7.26. The number of aryl methyl sites for hydroxylation is 1. The molecule has 0 unspecified atom stereocenters. The van der Waals surface area contributed by atoms with Crippen LogP contribution < -0.4 is 10.2 Å². The summed E-state index contributed by atoms with van der Waals surface area (Å²) in [5, 5.41) is 1.88. The minimum absolute atomic E-state index is 0.0994. The van der Waals surface area contributed by atoms with Crippen molar-refractivity contribution >= 4 is 5.91 Å². The number of rotatable bonds is 5. The van der Waals surface area contributed by atoms with E-state index in [2.05, 4.69) is 5.43 Å². The van der Waals surface area contributed by atoms with Gasteiger partial charge in [-0.05, 0) is 25.0 Å². The number of carbonyl (C=O) groups is 1. The van der Waals surface area contributed by atoms with Crippen LogP contribution in [0.2, 0.25) is 0 Å². The fraction of sp³-hybridized carbons (Fsp3) is 0.533. The van der Waals surface area contributed by atoms with Gasteiger partial charge in [-0.2, -0.15) is 0 Å². The summed E-state index contributed by atoms with van der Waals surface area (Å²) in [6.07, 6.45) is 0.156. The molecule has 0 saturated carbocycles. The molecule has 1 heterocycles. The topological polar surface area (TPSA) is 50.8 Å². The number of carbonyl (C=O) groups excluding carboxylic acids is 1. The van der Waals surface area contributed by atoms with Crippen LogP contribution in [0.3, 0.4) is 0 Å². The summed E-state index contributed by atoms with van der Waals surface area (Å²) >= 11 is 0. The van der Waals surface area contributed by atoms with Gasteiger partial charge >= 0.3 is 0 Å². The van der Waals surface area contributed by atoms with Gasteiger partial charge in [0.15, 0.2) is 6.10 Å². The smallest absolute Gasteiger partial charge is 0.275 e. The van der Waals surface area contributed by atoms with Crippen molar-refractivity contribution in [3.05, 3.63) is 29.8 Å². The van der Waals surface area contributed by atoms with E-state index in [0.29, 0.717) is 32.7 Å². The Balaban J connectivity index is 1.93. The van der Waals surface area contributed by atoms with Crippen molar-refractivity contribution in [3.63, 3.8) is 0 Å². The molecule has 5 nitrogen and oxygen atoms in total. The van der Waals surface area contributed by atoms with Crippen molar-refractivity contribution in [2.75, 3.05) is 26.3 Å². The van der Waals surface area contributed by atoms with Crippen molar-refractivity contribution in [3.8, 4) is 5.75 Å². The van der Waals surface area contributed by atoms with Crippen molar-refractivity contribution in [2.45, 2.75) is 26.4 Å². The summed E-state index contributed by atoms with van der Waals surface area (Å²) in [5.41, 5.74) is 3.93. The van der Waals surface area contributed by atoms with Crippen LogP contribution in [0.25, 0.3) is 0 Å². The maximum Gasteiger partial charge on any atom is 0.275 e. The minimum Gasteiger partial charge on any atom is -0.480 e. The molecule has 5 heteroatoms. The third kappa shape index (κ3) is 3.95. The normalized spacial score (nSPS) is 17.5. The molecule has 110 valence electrons. The monoisotopic (exact) mass is 278 g/mol. The zero-order valence-corrected chi connectivity index (χ0v) is 12.1. The second-order valence-electron chi connectivity index (χ2n) is 4.86. The number of hydrogen-bond acceptors (Lipinski definition) is 4. The van der Waals surface area contributed by atoms with E-state index < -0.39 is 6.10 Å². The molecule has 20 heavy (non-hydrogen) atoms. The molecule has 1 aromatic rings. The largest absolute Gasteiger partial charge is 0.480 e. The molecule has 1 aliphatic heterocycles. The molecular weight excluding hydrogens is 256 g/mol. The Morgan fingerprint density at radius 1 is 1.40 bits per heavy atom. The van der Waals surface area contributed by atoms with Crippen LogP contribution in [0.4, 0.5) is 0 Å². The summed E-state index contributed by atoms with van der Waals surface area (Å²) in [6, 6.07) is 7.73.